The molecule has 1 amide bonds. The van der Waals surface area contributed by atoms with Crippen molar-refractivity contribution in [3.8, 4) is 5.75 Å². The summed E-state index contributed by atoms with van der Waals surface area (Å²) in [6.07, 6.45) is 0. The Hall–Kier alpha value is -2.89. The van der Waals surface area contributed by atoms with Gasteiger partial charge in [0, 0.05) is 7.05 Å². The van der Waals surface area contributed by atoms with Gasteiger partial charge in [0.2, 0.25) is 0 Å². The lowest BCUT2D eigenvalue weighted by atomic mass is 10.1. The van der Waals surface area contributed by atoms with Crippen molar-refractivity contribution in [3.63, 3.8) is 0 Å². The van der Waals surface area contributed by atoms with Gasteiger partial charge in [-0.2, -0.15) is 0 Å². The predicted molar refractivity (Wildman–Crippen MR) is 90.9 cm³/mol. The molecule has 0 spiro atoms. The first kappa shape index (κ1) is 18.4. The molecule has 0 unspecified atom stereocenters. The second kappa shape index (κ2) is 8.28. The number of amides is 1. The van der Waals surface area contributed by atoms with Crippen molar-refractivity contribution < 1.29 is 23.5 Å². The molecule has 6 heteroatoms. The minimum Gasteiger partial charge on any atom is -0.484 e. The van der Waals surface area contributed by atoms with Crippen molar-refractivity contribution in [2.24, 2.45) is 0 Å². The monoisotopic (exact) mass is 345 g/mol. The average molecular weight is 345 g/mol. The van der Waals surface area contributed by atoms with Crippen LogP contribution in [-0.4, -0.2) is 37.5 Å². The number of hydrogen-bond donors (Lipinski definition) is 0. The number of nitrogens with zero attached hydrogens (tertiary/aromatic N) is 1. The number of halogens is 1. The van der Waals surface area contributed by atoms with Gasteiger partial charge >= 0.3 is 5.97 Å². The molecule has 0 radical (unpaired) electrons. The van der Waals surface area contributed by atoms with Gasteiger partial charge in [-0.25, -0.2) is 9.18 Å². The molecule has 0 bridgehead atoms. The van der Waals surface area contributed by atoms with E-state index in [0.717, 1.165) is 5.56 Å². The fourth-order valence-electron chi connectivity index (χ4n) is 2.23. The van der Waals surface area contributed by atoms with Crippen LogP contribution >= 0.6 is 0 Å². The first-order chi connectivity index (χ1) is 11.9. The Balaban J connectivity index is 1.92. The normalized spacial score (nSPS) is 11.5. The molecule has 2 aromatic carbocycles. The molecule has 0 heterocycles. The summed E-state index contributed by atoms with van der Waals surface area (Å²) in [7, 11) is 2.98. The van der Waals surface area contributed by atoms with Crippen LogP contribution in [0.3, 0.4) is 0 Å². The number of hydrogen-bond acceptors (Lipinski definition) is 4. The zero-order chi connectivity index (χ0) is 18.4. The summed E-state index contributed by atoms with van der Waals surface area (Å²) < 4.78 is 23.1. The number of esters is 1. The van der Waals surface area contributed by atoms with Crippen molar-refractivity contribution in [1.82, 2.24) is 4.90 Å². The highest BCUT2D eigenvalue weighted by molar-refractivity contribution is 5.89. The number of benzene rings is 2. The highest BCUT2D eigenvalue weighted by atomic mass is 19.1. The highest BCUT2D eigenvalue weighted by Crippen LogP contribution is 2.19. The van der Waals surface area contributed by atoms with Crippen molar-refractivity contribution >= 4 is 11.9 Å². The zero-order valence-electron chi connectivity index (χ0n) is 14.4. The third-order valence-electron chi connectivity index (χ3n) is 3.96. The van der Waals surface area contributed by atoms with E-state index in [1.54, 1.807) is 43.4 Å². The number of carbonyl (C=O) groups excluding carboxylic acids is 2. The van der Waals surface area contributed by atoms with Gasteiger partial charge in [0.05, 0.1) is 18.7 Å². The summed E-state index contributed by atoms with van der Waals surface area (Å²) in [5, 5.41) is 0. The molecule has 0 saturated heterocycles. The van der Waals surface area contributed by atoms with E-state index in [4.69, 9.17) is 4.74 Å². The van der Waals surface area contributed by atoms with Crippen LogP contribution in [0.5, 0.6) is 5.75 Å². The minimum absolute atomic E-state index is 0.139. The van der Waals surface area contributed by atoms with Crippen molar-refractivity contribution in [3.05, 3.63) is 65.5 Å². The lowest BCUT2D eigenvalue weighted by molar-refractivity contribution is -0.134. The fraction of sp³-hybridized carbons (Fsp3) is 0.263. The van der Waals surface area contributed by atoms with Gasteiger partial charge in [0.25, 0.3) is 5.91 Å². The first-order valence-corrected chi connectivity index (χ1v) is 7.74. The summed E-state index contributed by atoms with van der Waals surface area (Å²) in [4.78, 5) is 25.2. The second-order valence-corrected chi connectivity index (χ2v) is 5.54. The van der Waals surface area contributed by atoms with Crippen LogP contribution in [0, 0.1) is 5.82 Å². The summed E-state index contributed by atoms with van der Waals surface area (Å²) in [6.45, 7) is 1.72. The molecule has 0 saturated carbocycles. The number of rotatable bonds is 6. The molecule has 0 aliphatic heterocycles. The molecule has 25 heavy (non-hydrogen) atoms. The van der Waals surface area contributed by atoms with Gasteiger partial charge in [-0.05, 0) is 48.9 Å². The lowest BCUT2D eigenvalue weighted by Crippen LogP contribution is -2.33. The summed E-state index contributed by atoms with van der Waals surface area (Å²) >= 11 is 0. The number of likely N-dealkylation sites (N-methyl/N-ethyl adjacent to an activating group) is 1. The highest BCUT2D eigenvalue weighted by Gasteiger charge is 2.18. The molecule has 2 aromatic rings. The topological polar surface area (TPSA) is 55.8 Å². The molecular weight excluding hydrogens is 325 g/mol. The molecule has 0 aliphatic carbocycles. The standard InChI is InChI=1S/C19H20FNO4/c1-13(14-4-8-16(20)9-5-14)21(2)18(22)12-25-17-10-6-15(7-11-17)19(23)24-3/h4-11,13H,12H2,1-3H3/t13-/m1/s1. The van der Waals surface area contributed by atoms with E-state index in [9.17, 15) is 14.0 Å². The van der Waals surface area contributed by atoms with Crippen LogP contribution in [0.1, 0.15) is 28.9 Å². The van der Waals surface area contributed by atoms with Crippen molar-refractivity contribution in [1.29, 1.82) is 0 Å². The average Bonchev–Trinajstić information content (AvgIpc) is 2.65. The maximum Gasteiger partial charge on any atom is 0.337 e. The van der Waals surface area contributed by atoms with Gasteiger partial charge in [-0.15, -0.1) is 0 Å². The number of ether oxygens (including phenoxy) is 2. The molecule has 132 valence electrons. The van der Waals surface area contributed by atoms with Crippen LogP contribution in [-0.2, 0) is 9.53 Å². The maximum atomic E-state index is 13.0. The van der Waals surface area contributed by atoms with E-state index in [1.165, 1.54) is 24.1 Å². The Kier molecular flexibility index (Phi) is 6.11. The van der Waals surface area contributed by atoms with E-state index < -0.39 is 5.97 Å². The lowest BCUT2D eigenvalue weighted by Gasteiger charge is -2.25. The smallest absolute Gasteiger partial charge is 0.337 e. The van der Waals surface area contributed by atoms with E-state index in [-0.39, 0.29) is 24.4 Å². The Labute approximate surface area is 146 Å². The maximum absolute atomic E-state index is 13.0. The summed E-state index contributed by atoms with van der Waals surface area (Å²) in [5.74, 6) is -0.489. The molecule has 2 rings (SSSR count). The molecule has 5 nitrogen and oxygen atoms in total. The Morgan fingerprint density at radius 1 is 1.08 bits per heavy atom. The van der Waals surface area contributed by atoms with E-state index in [1.807, 2.05) is 6.92 Å². The third kappa shape index (κ3) is 4.79. The Morgan fingerprint density at radius 2 is 1.68 bits per heavy atom. The van der Waals surface area contributed by atoms with Crippen LogP contribution in [0.4, 0.5) is 4.39 Å². The third-order valence-corrected chi connectivity index (χ3v) is 3.96. The summed E-state index contributed by atoms with van der Waals surface area (Å²) in [5.41, 5.74) is 1.24. The molecule has 0 aliphatic rings. The van der Waals surface area contributed by atoms with Crippen LogP contribution in [0.15, 0.2) is 48.5 Å². The Morgan fingerprint density at radius 3 is 2.24 bits per heavy atom. The molecule has 0 N–H and O–H groups in total. The van der Waals surface area contributed by atoms with Gasteiger partial charge in [0.15, 0.2) is 6.61 Å². The molecule has 1 atom stereocenters. The predicted octanol–water partition coefficient (Wildman–Crippen LogP) is 3.21. The largest absolute Gasteiger partial charge is 0.484 e. The molecule has 0 aromatic heterocycles. The molecular formula is C19H20FNO4. The van der Waals surface area contributed by atoms with E-state index in [2.05, 4.69) is 4.74 Å². The van der Waals surface area contributed by atoms with Crippen LogP contribution in [0.25, 0.3) is 0 Å². The number of methoxy groups -OCH3 is 1. The zero-order valence-corrected chi connectivity index (χ0v) is 14.4. The van der Waals surface area contributed by atoms with Crippen molar-refractivity contribution in [2.75, 3.05) is 20.8 Å². The minimum atomic E-state index is -0.435. The van der Waals surface area contributed by atoms with Gasteiger partial charge in [0.1, 0.15) is 11.6 Å². The second-order valence-electron chi connectivity index (χ2n) is 5.54. The number of carbonyl (C=O) groups is 2. The van der Waals surface area contributed by atoms with Crippen LogP contribution < -0.4 is 4.74 Å². The van der Waals surface area contributed by atoms with Crippen LogP contribution in [0.2, 0.25) is 0 Å². The SMILES string of the molecule is COC(=O)c1ccc(OCC(=O)N(C)[C@H](C)c2ccc(F)cc2)cc1. The Bertz CT molecular complexity index is 728. The quantitative estimate of drug-likeness (QED) is 0.755. The fourth-order valence-corrected chi connectivity index (χ4v) is 2.23. The van der Waals surface area contributed by atoms with Gasteiger partial charge in [-0.1, -0.05) is 12.1 Å². The van der Waals surface area contributed by atoms with Crippen molar-refractivity contribution in [2.45, 2.75) is 13.0 Å². The first-order valence-electron chi connectivity index (χ1n) is 7.74. The van der Waals surface area contributed by atoms with E-state index >= 15 is 0 Å². The molecule has 0 fully saturated rings. The van der Waals surface area contributed by atoms with Gasteiger partial charge in [-0.3, -0.25) is 4.79 Å². The van der Waals surface area contributed by atoms with E-state index in [0.29, 0.717) is 11.3 Å². The summed E-state index contributed by atoms with van der Waals surface area (Å²) in [6, 6.07) is 12.1. The van der Waals surface area contributed by atoms with Gasteiger partial charge < -0.3 is 14.4 Å².